The Morgan fingerprint density at radius 1 is 1.02 bits per heavy atom. The van der Waals surface area contributed by atoms with Gasteiger partial charge in [0.1, 0.15) is 11.5 Å². The van der Waals surface area contributed by atoms with Gasteiger partial charge in [-0.25, -0.2) is 4.79 Å². The minimum atomic E-state index is -4.61. The number of nitrogens with zero attached hydrogens (tertiary/aromatic N) is 1. The SMILES string of the molecule is COCCCN(C[C@]1(O)CC[C@H]2c3ccc(cc3C(=O)c3ccc(-c4cc(C(F)(F)F)ccc4Cl)o3)C[C@@H](O)CCC(C)=CCC[C@@]21C)C(=O)Nc1ccc(OC)cc1. The minimum absolute atomic E-state index is 0.00318. The molecule has 0 unspecified atom stereocenters. The zero-order chi connectivity index (χ0) is 42.5. The van der Waals surface area contributed by atoms with E-state index in [4.69, 9.17) is 25.5 Å². The second-order valence-electron chi connectivity index (χ2n) is 16.1. The van der Waals surface area contributed by atoms with Crippen molar-refractivity contribution in [2.24, 2.45) is 5.41 Å². The Morgan fingerprint density at radius 3 is 2.49 bits per heavy atom. The average molecular weight is 837 g/mol. The fourth-order valence-corrected chi connectivity index (χ4v) is 8.88. The summed E-state index contributed by atoms with van der Waals surface area (Å²) >= 11 is 6.33. The Bertz CT molecular complexity index is 2150. The van der Waals surface area contributed by atoms with Crippen molar-refractivity contribution in [3.05, 3.63) is 117 Å². The molecule has 0 radical (unpaired) electrons. The van der Waals surface area contributed by atoms with Crippen LogP contribution in [0.5, 0.6) is 5.75 Å². The number of hydrogen-bond acceptors (Lipinski definition) is 7. The molecule has 316 valence electrons. The number of urea groups is 1. The van der Waals surface area contributed by atoms with Crippen molar-refractivity contribution in [3.63, 3.8) is 0 Å². The number of aliphatic hydroxyl groups excluding tert-OH is 1. The lowest BCUT2D eigenvalue weighted by Gasteiger charge is -2.46. The minimum Gasteiger partial charge on any atom is -0.497 e. The van der Waals surface area contributed by atoms with E-state index >= 15 is 0 Å². The number of nitrogens with one attached hydrogen (secondary N) is 1. The van der Waals surface area contributed by atoms with Gasteiger partial charge in [0.05, 0.1) is 35.9 Å². The molecule has 3 aliphatic carbocycles. The van der Waals surface area contributed by atoms with E-state index < -0.39 is 34.6 Å². The first-order valence-corrected chi connectivity index (χ1v) is 20.3. The number of halogens is 4. The van der Waals surface area contributed by atoms with Gasteiger partial charge in [-0.2, -0.15) is 13.2 Å². The van der Waals surface area contributed by atoms with Crippen molar-refractivity contribution < 1.29 is 46.9 Å². The molecule has 4 atom stereocenters. The number of methoxy groups -OCH3 is 2. The number of carbonyl (C=O) groups is 2. The second kappa shape index (κ2) is 18.3. The number of amides is 2. The van der Waals surface area contributed by atoms with Gasteiger partial charge >= 0.3 is 12.2 Å². The third-order valence-corrected chi connectivity index (χ3v) is 12.5. The van der Waals surface area contributed by atoms with E-state index in [9.17, 15) is 33.0 Å². The molecule has 1 saturated carbocycles. The topological polar surface area (TPSA) is 121 Å². The van der Waals surface area contributed by atoms with Crippen LogP contribution in [0.15, 0.2) is 88.9 Å². The van der Waals surface area contributed by atoms with Crippen molar-refractivity contribution in [2.75, 3.05) is 39.2 Å². The number of aliphatic hydroxyl groups is 2. The Hall–Kier alpha value is -4.62. The van der Waals surface area contributed by atoms with E-state index in [1.165, 1.54) is 12.1 Å². The molecular weight excluding hydrogens is 785 g/mol. The number of anilines is 1. The quantitative estimate of drug-likeness (QED) is 0.0781. The highest BCUT2D eigenvalue weighted by Gasteiger charge is 2.57. The van der Waals surface area contributed by atoms with Crippen LogP contribution in [0.25, 0.3) is 11.3 Å². The van der Waals surface area contributed by atoms with E-state index in [1.807, 2.05) is 26.0 Å². The van der Waals surface area contributed by atoms with E-state index in [1.54, 1.807) is 49.5 Å². The van der Waals surface area contributed by atoms with Gasteiger partial charge in [0.15, 0.2) is 5.76 Å². The van der Waals surface area contributed by atoms with Crippen molar-refractivity contribution in [2.45, 2.75) is 89.0 Å². The predicted molar refractivity (Wildman–Crippen MR) is 221 cm³/mol. The molecule has 1 aromatic heterocycles. The molecular formula is C46H52ClF3N2O7. The van der Waals surface area contributed by atoms with Crippen LogP contribution < -0.4 is 10.1 Å². The van der Waals surface area contributed by atoms with Crippen LogP contribution in [0, 0.1) is 5.41 Å². The molecule has 0 aliphatic heterocycles. The summed E-state index contributed by atoms with van der Waals surface area (Å²) < 4.78 is 57.5. The number of ketones is 1. The molecule has 59 heavy (non-hydrogen) atoms. The zero-order valence-corrected chi connectivity index (χ0v) is 34.6. The Labute approximate surface area is 348 Å². The maximum Gasteiger partial charge on any atom is 0.416 e. The number of benzene rings is 3. The van der Waals surface area contributed by atoms with Gasteiger partial charge in [-0.05, 0) is 136 Å². The number of fused-ring (bicyclic) bond motifs is 8. The van der Waals surface area contributed by atoms with E-state index in [-0.39, 0.29) is 40.6 Å². The molecule has 13 heteroatoms. The summed E-state index contributed by atoms with van der Waals surface area (Å²) in [4.78, 5) is 30.2. The van der Waals surface area contributed by atoms with Crippen LogP contribution in [0.2, 0.25) is 5.02 Å². The average Bonchev–Trinajstić information content (AvgIpc) is 3.79. The number of ether oxygens (including phenoxy) is 2. The molecule has 3 aliphatic rings. The summed E-state index contributed by atoms with van der Waals surface area (Å²) in [7, 11) is 3.16. The lowest BCUT2D eigenvalue weighted by atomic mass is 9.64. The summed E-state index contributed by atoms with van der Waals surface area (Å²) in [5.41, 5.74) is 0.243. The number of rotatable bonds is 11. The molecule has 9 nitrogen and oxygen atoms in total. The largest absolute Gasteiger partial charge is 0.497 e. The standard InChI is InChI=1S/C46H52ClF3N2O7/c1-29-7-5-21-44(2)38(20-22-45(44,56)28-52(23-6-24-57-3)43(55)51-32-11-14-34(58-4)15-12-32)35-16-9-30(25-33(53)13-8-29)26-36(35)42(54)41-19-18-40(59-41)37-27-31(46(48,49)50)10-17-39(37)47/h7,9-12,14-19,26-27,33,38,53,56H,5-6,8,13,20-25,28H2,1-4H3,(H,51,55)/t33-,38-,44-,45+/m0/s1. The van der Waals surface area contributed by atoms with E-state index in [2.05, 4.69) is 11.4 Å². The summed E-state index contributed by atoms with van der Waals surface area (Å²) in [6, 6.07) is 17.9. The van der Waals surface area contributed by atoms with Gasteiger partial charge in [0.25, 0.3) is 0 Å². The van der Waals surface area contributed by atoms with Crippen LogP contribution in [-0.4, -0.2) is 72.5 Å². The lowest BCUT2D eigenvalue weighted by Crippen LogP contribution is -2.54. The van der Waals surface area contributed by atoms with Gasteiger partial charge in [-0.3, -0.25) is 4.79 Å². The fraction of sp³-hybridized carbons (Fsp3) is 0.435. The van der Waals surface area contributed by atoms with Gasteiger partial charge in [-0.15, -0.1) is 0 Å². The van der Waals surface area contributed by atoms with Crippen LogP contribution in [0.4, 0.5) is 23.7 Å². The van der Waals surface area contributed by atoms with Crippen molar-refractivity contribution in [3.8, 4) is 17.1 Å². The highest BCUT2D eigenvalue weighted by atomic mass is 35.5. The monoisotopic (exact) mass is 836 g/mol. The van der Waals surface area contributed by atoms with Crippen LogP contribution >= 0.6 is 11.6 Å². The fourth-order valence-electron chi connectivity index (χ4n) is 8.67. The molecule has 1 fully saturated rings. The highest BCUT2D eigenvalue weighted by molar-refractivity contribution is 6.33. The van der Waals surface area contributed by atoms with Crippen molar-refractivity contribution in [1.82, 2.24) is 4.90 Å². The van der Waals surface area contributed by atoms with E-state index in [0.717, 1.165) is 29.3 Å². The molecule has 0 spiro atoms. The number of carbonyl (C=O) groups excluding carboxylic acids is 2. The van der Waals surface area contributed by atoms with Gasteiger partial charge in [0.2, 0.25) is 5.78 Å². The summed E-state index contributed by atoms with van der Waals surface area (Å²) in [5, 5.41) is 27.0. The molecule has 0 saturated heterocycles. The van der Waals surface area contributed by atoms with Gasteiger partial charge < -0.3 is 34.3 Å². The number of furan rings is 1. The Balaban J connectivity index is 1.39. The van der Waals surface area contributed by atoms with Gasteiger partial charge in [-0.1, -0.05) is 42.3 Å². The summed E-state index contributed by atoms with van der Waals surface area (Å²) in [6.45, 7) is 4.81. The third-order valence-electron chi connectivity index (χ3n) is 12.2. The highest BCUT2D eigenvalue weighted by Crippen LogP contribution is 2.59. The Kier molecular flexibility index (Phi) is 13.7. The molecule has 7 rings (SSSR count). The number of alkyl halides is 3. The molecule has 3 aromatic carbocycles. The molecule has 1 heterocycles. The summed E-state index contributed by atoms with van der Waals surface area (Å²) in [5.74, 6) is -0.303. The number of hydrogen-bond donors (Lipinski definition) is 3. The smallest absolute Gasteiger partial charge is 0.416 e. The first-order chi connectivity index (χ1) is 28.0. The second-order valence-corrected chi connectivity index (χ2v) is 16.5. The molecule has 2 amide bonds. The van der Waals surface area contributed by atoms with Crippen molar-refractivity contribution in [1.29, 1.82) is 0 Å². The summed E-state index contributed by atoms with van der Waals surface area (Å²) in [6.07, 6.45) is 0.832. The maximum absolute atomic E-state index is 14.6. The number of allylic oxidation sites excluding steroid dienone is 2. The first kappa shape index (κ1) is 43.9. The van der Waals surface area contributed by atoms with Crippen LogP contribution in [0.1, 0.15) is 97.5 Å². The van der Waals surface area contributed by atoms with Crippen LogP contribution in [0.3, 0.4) is 0 Å². The maximum atomic E-state index is 14.6. The zero-order valence-electron chi connectivity index (χ0n) is 33.8. The third kappa shape index (κ3) is 9.89. The lowest BCUT2D eigenvalue weighted by molar-refractivity contribution is -0.137. The molecule has 2 bridgehead atoms. The normalized spacial score (nSPS) is 22.3. The Morgan fingerprint density at radius 2 is 1.78 bits per heavy atom. The van der Waals surface area contributed by atoms with Crippen molar-refractivity contribution >= 4 is 29.1 Å². The molecule has 3 N–H and O–H groups in total. The first-order valence-electron chi connectivity index (χ1n) is 19.9. The van der Waals surface area contributed by atoms with Crippen LogP contribution in [-0.2, 0) is 17.3 Å². The van der Waals surface area contributed by atoms with Gasteiger partial charge in [0, 0.05) is 42.5 Å². The predicted octanol–water partition coefficient (Wildman–Crippen LogP) is 10.5. The van der Waals surface area contributed by atoms with E-state index in [0.29, 0.717) is 87.1 Å². The molecule has 4 aromatic rings.